The molecule has 0 saturated carbocycles. The van der Waals surface area contributed by atoms with E-state index in [9.17, 15) is 4.79 Å². The molecule has 1 saturated heterocycles. The Hall–Kier alpha value is -3.96. The van der Waals surface area contributed by atoms with Crippen LogP contribution in [0.2, 0.25) is 0 Å². The van der Waals surface area contributed by atoms with Crippen LogP contribution in [0.5, 0.6) is 28.7 Å². The zero-order valence-electron chi connectivity index (χ0n) is 24.8. The van der Waals surface area contributed by atoms with Crippen LogP contribution in [0.3, 0.4) is 0 Å². The third kappa shape index (κ3) is 7.22. The number of ether oxygens (including phenoxy) is 5. The molecule has 0 unspecified atom stereocenters. The number of nitrogens with zero attached hydrogens (tertiary/aromatic N) is 4. The average Bonchev–Trinajstić information content (AvgIpc) is 3.48. The van der Waals surface area contributed by atoms with E-state index < -0.39 is 0 Å². The molecule has 0 spiro atoms. The molecule has 0 radical (unpaired) electrons. The van der Waals surface area contributed by atoms with Gasteiger partial charge in [-0.25, -0.2) is 4.98 Å². The standard InChI is InChI=1S/C30H40N4O7/c1-32(12-11-21-7-9-24(36-2)26(17-21)38-4)30(35)23-20-41-27(31-23)19-34-15-13-33(14-16-34)18-22-8-10-25(37-3)29(40-6)28(22)39-5/h7-10,17,20H,11-16,18-19H2,1-6H3. The van der Waals surface area contributed by atoms with Crippen LogP contribution in [-0.4, -0.2) is 101 Å². The summed E-state index contributed by atoms with van der Waals surface area (Å²) in [6.07, 6.45) is 2.12. The van der Waals surface area contributed by atoms with E-state index in [0.29, 0.717) is 59.8 Å². The first-order valence-electron chi connectivity index (χ1n) is 13.5. The van der Waals surface area contributed by atoms with Crippen LogP contribution in [0.4, 0.5) is 0 Å². The van der Waals surface area contributed by atoms with Gasteiger partial charge >= 0.3 is 0 Å². The second kappa shape index (κ2) is 14.1. The molecular weight excluding hydrogens is 528 g/mol. The summed E-state index contributed by atoms with van der Waals surface area (Å²) in [5.74, 6) is 3.65. The summed E-state index contributed by atoms with van der Waals surface area (Å²) >= 11 is 0. The molecule has 1 aromatic heterocycles. The third-order valence-corrected chi connectivity index (χ3v) is 7.30. The summed E-state index contributed by atoms with van der Waals surface area (Å²) in [6, 6.07) is 9.69. The summed E-state index contributed by atoms with van der Waals surface area (Å²) in [4.78, 5) is 23.8. The predicted octanol–water partition coefficient (Wildman–Crippen LogP) is 3.35. The maximum Gasteiger partial charge on any atom is 0.275 e. The highest BCUT2D eigenvalue weighted by atomic mass is 16.5. The number of piperazine rings is 1. The van der Waals surface area contributed by atoms with Gasteiger partial charge in [0.25, 0.3) is 5.91 Å². The lowest BCUT2D eigenvalue weighted by Crippen LogP contribution is -2.45. The van der Waals surface area contributed by atoms with Crippen LogP contribution < -0.4 is 23.7 Å². The second-order valence-corrected chi connectivity index (χ2v) is 9.84. The number of benzene rings is 2. The van der Waals surface area contributed by atoms with Gasteiger partial charge in [-0.15, -0.1) is 0 Å². The lowest BCUT2D eigenvalue weighted by molar-refractivity contribution is 0.0790. The first-order valence-corrected chi connectivity index (χ1v) is 13.5. The fourth-order valence-corrected chi connectivity index (χ4v) is 4.94. The molecule has 0 N–H and O–H groups in total. The third-order valence-electron chi connectivity index (χ3n) is 7.30. The van der Waals surface area contributed by atoms with Crippen molar-refractivity contribution in [2.24, 2.45) is 0 Å². The highest BCUT2D eigenvalue weighted by molar-refractivity contribution is 5.91. The van der Waals surface area contributed by atoms with Crippen molar-refractivity contribution >= 4 is 5.91 Å². The fraction of sp³-hybridized carbons (Fsp3) is 0.467. The number of hydrogen-bond donors (Lipinski definition) is 0. The number of hydrogen-bond acceptors (Lipinski definition) is 10. The highest BCUT2D eigenvalue weighted by Gasteiger charge is 2.23. The molecule has 11 heteroatoms. The quantitative estimate of drug-likeness (QED) is 0.305. The van der Waals surface area contributed by atoms with Gasteiger partial charge in [-0.3, -0.25) is 14.6 Å². The van der Waals surface area contributed by atoms with Crippen molar-refractivity contribution in [3.8, 4) is 28.7 Å². The van der Waals surface area contributed by atoms with Crippen molar-refractivity contribution in [1.82, 2.24) is 19.7 Å². The number of rotatable bonds is 13. The molecule has 1 aliphatic rings. The molecular formula is C30H40N4O7. The van der Waals surface area contributed by atoms with Crippen LogP contribution in [0, 0.1) is 0 Å². The maximum absolute atomic E-state index is 13.0. The van der Waals surface area contributed by atoms with Crippen molar-refractivity contribution < 1.29 is 32.9 Å². The fourth-order valence-electron chi connectivity index (χ4n) is 4.94. The van der Waals surface area contributed by atoms with E-state index in [-0.39, 0.29) is 5.91 Å². The van der Waals surface area contributed by atoms with Gasteiger partial charge in [0.2, 0.25) is 11.6 Å². The Bertz CT molecular complexity index is 1300. The number of carbonyl (C=O) groups excluding carboxylic acids is 1. The molecule has 0 aliphatic carbocycles. The largest absolute Gasteiger partial charge is 0.493 e. The van der Waals surface area contributed by atoms with E-state index in [1.807, 2.05) is 30.3 Å². The van der Waals surface area contributed by atoms with Gasteiger partial charge in [0, 0.05) is 51.9 Å². The lowest BCUT2D eigenvalue weighted by Gasteiger charge is -2.34. The number of likely N-dealkylation sites (N-methyl/N-ethyl adjacent to an activating group) is 1. The molecule has 1 aliphatic heterocycles. The lowest BCUT2D eigenvalue weighted by atomic mass is 10.1. The first-order chi connectivity index (χ1) is 19.9. The molecule has 11 nitrogen and oxygen atoms in total. The van der Waals surface area contributed by atoms with Crippen LogP contribution in [0.25, 0.3) is 0 Å². The normalized spacial score (nSPS) is 14.0. The summed E-state index contributed by atoms with van der Waals surface area (Å²) in [6.45, 7) is 5.29. The number of aromatic nitrogens is 1. The molecule has 2 heterocycles. The average molecular weight is 569 g/mol. The molecule has 0 atom stereocenters. The Morgan fingerprint density at radius 3 is 2.10 bits per heavy atom. The Morgan fingerprint density at radius 2 is 1.46 bits per heavy atom. The molecule has 2 aromatic carbocycles. The highest BCUT2D eigenvalue weighted by Crippen LogP contribution is 2.40. The van der Waals surface area contributed by atoms with Crippen LogP contribution in [-0.2, 0) is 19.5 Å². The van der Waals surface area contributed by atoms with E-state index in [0.717, 1.165) is 43.9 Å². The van der Waals surface area contributed by atoms with Crippen molar-refractivity contribution in [3.63, 3.8) is 0 Å². The maximum atomic E-state index is 13.0. The molecule has 4 rings (SSSR count). The SMILES string of the molecule is COc1ccc(CCN(C)C(=O)c2coc(CN3CCN(Cc4ccc(OC)c(OC)c4OC)CC3)n2)cc1OC. The zero-order valence-corrected chi connectivity index (χ0v) is 24.8. The molecule has 222 valence electrons. The Morgan fingerprint density at radius 1 is 0.829 bits per heavy atom. The summed E-state index contributed by atoms with van der Waals surface area (Å²) in [5, 5.41) is 0. The van der Waals surface area contributed by atoms with E-state index >= 15 is 0 Å². The minimum Gasteiger partial charge on any atom is -0.493 e. The van der Waals surface area contributed by atoms with Gasteiger partial charge in [-0.05, 0) is 30.2 Å². The summed E-state index contributed by atoms with van der Waals surface area (Å²) in [7, 11) is 9.85. The van der Waals surface area contributed by atoms with Crippen LogP contribution >= 0.6 is 0 Å². The monoisotopic (exact) mass is 568 g/mol. The Kier molecular flexibility index (Phi) is 10.3. The van der Waals surface area contributed by atoms with Gasteiger partial charge in [-0.1, -0.05) is 12.1 Å². The van der Waals surface area contributed by atoms with Crippen molar-refractivity contribution in [2.45, 2.75) is 19.5 Å². The topological polar surface area (TPSA) is 99.0 Å². The van der Waals surface area contributed by atoms with Crippen molar-refractivity contribution in [2.75, 3.05) is 75.3 Å². The predicted molar refractivity (Wildman–Crippen MR) is 153 cm³/mol. The molecule has 3 aromatic rings. The summed E-state index contributed by atoms with van der Waals surface area (Å²) in [5.41, 5.74) is 2.41. The molecule has 1 amide bonds. The van der Waals surface area contributed by atoms with Gasteiger partial charge < -0.3 is 33.0 Å². The molecule has 1 fully saturated rings. The minimum atomic E-state index is -0.172. The van der Waals surface area contributed by atoms with Gasteiger partial charge in [0.15, 0.2) is 28.7 Å². The number of carbonyl (C=O) groups is 1. The van der Waals surface area contributed by atoms with Gasteiger partial charge in [-0.2, -0.15) is 0 Å². The van der Waals surface area contributed by atoms with E-state index in [2.05, 4.69) is 14.8 Å². The van der Waals surface area contributed by atoms with Crippen molar-refractivity contribution in [3.05, 3.63) is 59.3 Å². The number of amides is 1. The Labute approximate surface area is 241 Å². The number of oxazole rings is 1. The van der Waals surface area contributed by atoms with Crippen LogP contribution in [0.15, 0.2) is 41.0 Å². The van der Waals surface area contributed by atoms with Gasteiger partial charge in [0.05, 0.1) is 42.1 Å². The summed E-state index contributed by atoms with van der Waals surface area (Å²) < 4.78 is 32.9. The zero-order chi connectivity index (χ0) is 29.4. The Balaban J connectivity index is 1.26. The van der Waals surface area contributed by atoms with Crippen LogP contribution in [0.1, 0.15) is 27.5 Å². The minimum absolute atomic E-state index is 0.172. The van der Waals surface area contributed by atoms with Crippen molar-refractivity contribution in [1.29, 1.82) is 0 Å². The molecule has 41 heavy (non-hydrogen) atoms. The second-order valence-electron chi connectivity index (χ2n) is 9.84. The van der Waals surface area contributed by atoms with Gasteiger partial charge in [0.1, 0.15) is 6.26 Å². The van der Waals surface area contributed by atoms with E-state index in [4.69, 9.17) is 28.1 Å². The smallest absolute Gasteiger partial charge is 0.275 e. The number of methoxy groups -OCH3 is 5. The van der Waals surface area contributed by atoms with E-state index in [1.165, 1.54) is 6.26 Å². The molecule has 0 bridgehead atoms. The first kappa shape index (κ1) is 30.0. The van der Waals surface area contributed by atoms with E-state index in [1.54, 1.807) is 47.5 Å².